The molecule has 5 nitrogen and oxygen atoms in total. The lowest BCUT2D eigenvalue weighted by molar-refractivity contribution is 0.631. The molecule has 0 bridgehead atoms. The molecule has 0 amide bonds. The van der Waals surface area contributed by atoms with Gasteiger partial charge in [-0.3, -0.25) is 10.1 Å². The van der Waals surface area contributed by atoms with E-state index in [0.29, 0.717) is 0 Å². The summed E-state index contributed by atoms with van der Waals surface area (Å²) >= 11 is 1.58. The van der Waals surface area contributed by atoms with Crippen LogP contribution in [0.3, 0.4) is 0 Å². The molecule has 0 aliphatic heterocycles. The molecule has 0 spiro atoms. The van der Waals surface area contributed by atoms with Crippen molar-refractivity contribution >= 4 is 11.8 Å². The number of hydrogen-bond acceptors (Lipinski definition) is 5. The van der Waals surface area contributed by atoms with Crippen molar-refractivity contribution < 1.29 is 0 Å². The highest BCUT2D eigenvalue weighted by molar-refractivity contribution is 7.99. The molecule has 2 aromatic heterocycles. The Labute approximate surface area is 111 Å². The molecule has 96 valence electrons. The molecule has 18 heavy (non-hydrogen) atoms. The summed E-state index contributed by atoms with van der Waals surface area (Å²) < 4.78 is 0. The van der Waals surface area contributed by atoms with Crippen LogP contribution in [0.2, 0.25) is 0 Å². The third kappa shape index (κ3) is 3.08. The Hall–Kier alpha value is -1.40. The molecule has 0 aliphatic carbocycles. The number of nitrogens with zero attached hydrogens (tertiary/aromatic N) is 3. The van der Waals surface area contributed by atoms with Gasteiger partial charge in [-0.2, -0.15) is 0 Å². The molecule has 3 N–H and O–H groups in total. The molecule has 2 heterocycles. The molecule has 2 aromatic rings. The number of rotatable bonds is 5. The Morgan fingerprint density at radius 3 is 2.89 bits per heavy atom. The van der Waals surface area contributed by atoms with Gasteiger partial charge in [0.05, 0.1) is 5.25 Å². The Morgan fingerprint density at radius 2 is 2.33 bits per heavy atom. The number of nitrogens with two attached hydrogens (primary N) is 1. The standard InChI is InChI=1S/C12H17N5S/c1-3-10(13)11(9-5-4-6-14-7-9)18-12-15-8(2)16-17-12/h4-7,10-11H,3,13H2,1-2H3,(H,15,16,17). The van der Waals surface area contributed by atoms with Crippen LogP contribution in [0.1, 0.15) is 30.0 Å². The van der Waals surface area contributed by atoms with E-state index in [9.17, 15) is 0 Å². The van der Waals surface area contributed by atoms with Gasteiger partial charge in [0.25, 0.3) is 0 Å². The van der Waals surface area contributed by atoms with Gasteiger partial charge >= 0.3 is 0 Å². The summed E-state index contributed by atoms with van der Waals surface area (Å²) in [5.41, 5.74) is 7.30. The van der Waals surface area contributed by atoms with Crippen molar-refractivity contribution in [2.75, 3.05) is 0 Å². The van der Waals surface area contributed by atoms with E-state index in [1.807, 2.05) is 25.3 Å². The summed E-state index contributed by atoms with van der Waals surface area (Å²) in [4.78, 5) is 8.46. The summed E-state index contributed by atoms with van der Waals surface area (Å²) in [7, 11) is 0. The van der Waals surface area contributed by atoms with Crippen molar-refractivity contribution in [1.82, 2.24) is 20.2 Å². The molecule has 2 unspecified atom stereocenters. The lowest BCUT2D eigenvalue weighted by atomic mass is 10.1. The minimum Gasteiger partial charge on any atom is -0.326 e. The SMILES string of the molecule is CCC(N)C(Sc1n[nH]c(C)n1)c1cccnc1. The molecule has 0 radical (unpaired) electrons. The second-order valence-electron chi connectivity index (χ2n) is 4.10. The maximum absolute atomic E-state index is 6.19. The molecule has 0 saturated heterocycles. The van der Waals surface area contributed by atoms with Gasteiger partial charge in [0.15, 0.2) is 0 Å². The van der Waals surface area contributed by atoms with Gasteiger partial charge in [-0.1, -0.05) is 24.8 Å². The number of H-pyrrole nitrogens is 1. The van der Waals surface area contributed by atoms with E-state index in [1.54, 1.807) is 18.0 Å². The number of hydrogen-bond donors (Lipinski definition) is 2. The van der Waals surface area contributed by atoms with Gasteiger partial charge in [0, 0.05) is 18.4 Å². The maximum Gasteiger partial charge on any atom is 0.209 e. The topological polar surface area (TPSA) is 80.5 Å². The summed E-state index contributed by atoms with van der Waals surface area (Å²) in [6.07, 6.45) is 4.52. The van der Waals surface area contributed by atoms with E-state index >= 15 is 0 Å². The van der Waals surface area contributed by atoms with Crippen LogP contribution in [0.5, 0.6) is 0 Å². The molecule has 2 rings (SSSR count). The first-order valence-electron chi connectivity index (χ1n) is 5.92. The van der Waals surface area contributed by atoms with Crippen LogP contribution in [0, 0.1) is 6.92 Å². The van der Waals surface area contributed by atoms with Gasteiger partial charge in [-0.15, -0.1) is 5.10 Å². The Kier molecular flexibility index (Phi) is 4.33. The van der Waals surface area contributed by atoms with Crippen LogP contribution in [0.25, 0.3) is 0 Å². The number of thioether (sulfide) groups is 1. The summed E-state index contributed by atoms with van der Waals surface area (Å²) in [6, 6.07) is 4.02. The fourth-order valence-corrected chi connectivity index (χ4v) is 2.81. The van der Waals surface area contributed by atoms with Gasteiger partial charge in [-0.25, -0.2) is 4.98 Å². The molecule has 6 heteroatoms. The lowest BCUT2D eigenvalue weighted by Gasteiger charge is -2.20. The zero-order valence-electron chi connectivity index (χ0n) is 10.5. The van der Waals surface area contributed by atoms with Crippen molar-refractivity contribution in [3.8, 4) is 0 Å². The van der Waals surface area contributed by atoms with E-state index < -0.39 is 0 Å². The first-order chi connectivity index (χ1) is 8.70. The molecular weight excluding hydrogens is 246 g/mol. The van der Waals surface area contributed by atoms with Crippen LogP contribution in [-0.2, 0) is 0 Å². The van der Waals surface area contributed by atoms with Crippen molar-refractivity contribution in [3.05, 3.63) is 35.9 Å². The van der Waals surface area contributed by atoms with Crippen molar-refractivity contribution in [3.63, 3.8) is 0 Å². The minimum atomic E-state index is 0.0537. The van der Waals surface area contributed by atoms with Crippen molar-refractivity contribution in [1.29, 1.82) is 0 Å². The molecule has 0 aromatic carbocycles. The second kappa shape index (κ2) is 5.97. The zero-order chi connectivity index (χ0) is 13.0. The number of aromatic amines is 1. The molecule has 0 saturated carbocycles. The quantitative estimate of drug-likeness (QED) is 0.807. The number of aryl methyl sites for hydroxylation is 1. The smallest absolute Gasteiger partial charge is 0.209 e. The molecular formula is C12H17N5S. The predicted molar refractivity (Wildman–Crippen MR) is 72.2 cm³/mol. The third-order valence-electron chi connectivity index (χ3n) is 2.68. The van der Waals surface area contributed by atoms with Crippen LogP contribution >= 0.6 is 11.8 Å². The maximum atomic E-state index is 6.19. The van der Waals surface area contributed by atoms with Crippen molar-refractivity contribution in [2.45, 2.75) is 36.7 Å². The van der Waals surface area contributed by atoms with E-state index in [2.05, 4.69) is 27.1 Å². The van der Waals surface area contributed by atoms with Gasteiger partial charge in [-0.05, 0) is 25.0 Å². The minimum absolute atomic E-state index is 0.0537. The Bertz CT molecular complexity index is 484. The van der Waals surface area contributed by atoms with Crippen LogP contribution in [-0.4, -0.2) is 26.2 Å². The lowest BCUT2D eigenvalue weighted by Crippen LogP contribution is -2.25. The van der Waals surface area contributed by atoms with Crippen LogP contribution in [0.15, 0.2) is 29.7 Å². The van der Waals surface area contributed by atoms with E-state index in [-0.39, 0.29) is 11.3 Å². The van der Waals surface area contributed by atoms with Gasteiger partial charge in [0.1, 0.15) is 5.82 Å². The van der Waals surface area contributed by atoms with Gasteiger partial charge in [0.2, 0.25) is 5.16 Å². The van der Waals surface area contributed by atoms with Gasteiger partial charge < -0.3 is 5.73 Å². The summed E-state index contributed by atoms with van der Waals surface area (Å²) in [6.45, 7) is 3.97. The average Bonchev–Trinajstić information content (AvgIpc) is 2.82. The summed E-state index contributed by atoms with van der Waals surface area (Å²) in [5, 5.41) is 7.84. The molecule has 0 aliphatic rings. The monoisotopic (exact) mass is 263 g/mol. The second-order valence-corrected chi connectivity index (χ2v) is 5.21. The average molecular weight is 263 g/mol. The first-order valence-corrected chi connectivity index (χ1v) is 6.80. The van der Waals surface area contributed by atoms with E-state index in [0.717, 1.165) is 23.0 Å². The third-order valence-corrected chi connectivity index (χ3v) is 3.95. The number of aromatic nitrogens is 4. The highest BCUT2D eigenvalue weighted by Gasteiger charge is 2.21. The highest BCUT2D eigenvalue weighted by atomic mass is 32.2. The predicted octanol–water partition coefficient (Wildman–Crippen LogP) is 2.08. The van der Waals surface area contributed by atoms with E-state index in [1.165, 1.54) is 0 Å². The van der Waals surface area contributed by atoms with Crippen LogP contribution in [0.4, 0.5) is 0 Å². The fraction of sp³-hybridized carbons (Fsp3) is 0.417. The largest absolute Gasteiger partial charge is 0.326 e. The Morgan fingerprint density at radius 1 is 1.50 bits per heavy atom. The highest BCUT2D eigenvalue weighted by Crippen LogP contribution is 2.35. The van der Waals surface area contributed by atoms with Crippen LogP contribution < -0.4 is 5.73 Å². The molecule has 2 atom stereocenters. The van der Waals surface area contributed by atoms with E-state index in [4.69, 9.17) is 5.73 Å². The molecule has 0 fully saturated rings. The fourth-order valence-electron chi connectivity index (χ4n) is 1.65. The zero-order valence-corrected chi connectivity index (χ0v) is 11.3. The van der Waals surface area contributed by atoms with Crippen molar-refractivity contribution in [2.24, 2.45) is 5.73 Å². The normalized spacial score (nSPS) is 14.4. The first kappa shape index (κ1) is 13.0. The summed E-state index contributed by atoms with van der Waals surface area (Å²) in [5.74, 6) is 0.813. The number of nitrogens with one attached hydrogen (secondary N) is 1. The Balaban J connectivity index is 2.21. The number of pyridine rings is 1.